The van der Waals surface area contributed by atoms with Crippen molar-refractivity contribution in [2.45, 2.75) is 13.0 Å². The SMILES string of the molecule is Cc1nc(C(N)c2cccc(F)c2F)no1. The Morgan fingerprint density at radius 1 is 1.38 bits per heavy atom. The van der Waals surface area contributed by atoms with Gasteiger partial charge in [-0.15, -0.1) is 0 Å². The van der Waals surface area contributed by atoms with Gasteiger partial charge >= 0.3 is 0 Å². The Bertz CT molecular complexity index is 513. The van der Waals surface area contributed by atoms with E-state index in [0.717, 1.165) is 6.07 Å². The molecule has 1 aromatic heterocycles. The zero-order valence-electron chi connectivity index (χ0n) is 8.45. The number of hydrogen-bond acceptors (Lipinski definition) is 4. The molecule has 2 rings (SSSR count). The third kappa shape index (κ3) is 1.79. The van der Waals surface area contributed by atoms with Gasteiger partial charge in [0.25, 0.3) is 0 Å². The molecule has 1 atom stereocenters. The second-order valence-electron chi connectivity index (χ2n) is 3.29. The number of nitrogens with two attached hydrogens (primary N) is 1. The molecule has 1 unspecified atom stereocenters. The van der Waals surface area contributed by atoms with Crippen LogP contribution in [0.3, 0.4) is 0 Å². The number of benzene rings is 1. The second-order valence-corrected chi connectivity index (χ2v) is 3.29. The van der Waals surface area contributed by atoms with Crippen LogP contribution < -0.4 is 5.73 Å². The summed E-state index contributed by atoms with van der Waals surface area (Å²) in [6, 6.07) is 2.84. The molecule has 0 aliphatic rings. The maximum absolute atomic E-state index is 13.4. The van der Waals surface area contributed by atoms with Crippen molar-refractivity contribution >= 4 is 0 Å². The highest BCUT2D eigenvalue weighted by atomic mass is 19.2. The molecule has 4 nitrogen and oxygen atoms in total. The van der Waals surface area contributed by atoms with E-state index in [1.807, 2.05) is 0 Å². The quantitative estimate of drug-likeness (QED) is 0.844. The summed E-state index contributed by atoms with van der Waals surface area (Å²) in [6.45, 7) is 1.59. The molecular weight excluding hydrogens is 216 g/mol. The van der Waals surface area contributed by atoms with Gasteiger partial charge in [0.2, 0.25) is 5.89 Å². The first-order valence-corrected chi connectivity index (χ1v) is 4.59. The lowest BCUT2D eigenvalue weighted by Crippen LogP contribution is -2.16. The van der Waals surface area contributed by atoms with Gasteiger partial charge in [-0.25, -0.2) is 8.78 Å². The van der Waals surface area contributed by atoms with Gasteiger partial charge < -0.3 is 10.3 Å². The molecule has 0 aliphatic carbocycles. The number of aromatic nitrogens is 2. The van der Waals surface area contributed by atoms with Crippen LogP contribution in [0.15, 0.2) is 22.7 Å². The van der Waals surface area contributed by atoms with E-state index in [1.165, 1.54) is 12.1 Å². The largest absolute Gasteiger partial charge is 0.340 e. The first-order valence-electron chi connectivity index (χ1n) is 4.59. The smallest absolute Gasteiger partial charge is 0.223 e. The van der Waals surface area contributed by atoms with Gasteiger partial charge in [-0.2, -0.15) is 4.98 Å². The number of aryl methyl sites for hydroxylation is 1. The minimum atomic E-state index is -0.988. The van der Waals surface area contributed by atoms with E-state index in [9.17, 15) is 8.78 Å². The number of nitrogens with zero attached hydrogens (tertiary/aromatic N) is 2. The van der Waals surface area contributed by atoms with Crippen molar-refractivity contribution in [1.29, 1.82) is 0 Å². The molecule has 0 amide bonds. The topological polar surface area (TPSA) is 64.9 Å². The summed E-state index contributed by atoms with van der Waals surface area (Å²) in [4.78, 5) is 3.87. The minimum Gasteiger partial charge on any atom is -0.340 e. The molecule has 1 heterocycles. The molecule has 0 saturated carbocycles. The summed E-state index contributed by atoms with van der Waals surface area (Å²) in [5.41, 5.74) is 5.71. The summed E-state index contributed by atoms with van der Waals surface area (Å²) in [6.07, 6.45) is 0. The first-order chi connectivity index (χ1) is 7.59. The summed E-state index contributed by atoms with van der Waals surface area (Å²) in [5.74, 6) is -1.49. The van der Waals surface area contributed by atoms with E-state index >= 15 is 0 Å². The molecule has 0 saturated heterocycles. The van der Waals surface area contributed by atoms with Crippen molar-refractivity contribution in [3.63, 3.8) is 0 Å². The van der Waals surface area contributed by atoms with E-state index in [2.05, 4.69) is 10.1 Å². The van der Waals surface area contributed by atoms with Crippen LogP contribution in [0.5, 0.6) is 0 Å². The van der Waals surface area contributed by atoms with Crippen LogP contribution >= 0.6 is 0 Å². The molecule has 0 fully saturated rings. The van der Waals surface area contributed by atoms with Crippen molar-refractivity contribution in [1.82, 2.24) is 10.1 Å². The molecule has 0 aliphatic heterocycles. The van der Waals surface area contributed by atoms with Gasteiger partial charge in [0.15, 0.2) is 17.5 Å². The zero-order valence-corrected chi connectivity index (χ0v) is 8.45. The number of halogens is 2. The summed E-state index contributed by atoms with van der Waals surface area (Å²) in [7, 11) is 0. The molecule has 0 radical (unpaired) electrons. The van der Waals surface area contributed by atoms with Crippen molar-refractivity contribution in [3.8, 4) is 0 Å². The summed E-state index contributed by atoms with van der Waals surface area (Å²) >= 11 is 0. The Kier molecular flexibility index (Phi) is 2.66. The lowest BCUT2D eigenvalue weighted by Gasteiger charge is -2.08. The molecule has 2 aromatic rings. The van der Waals surface area contributed by atoms with Crippen LogP contribution in [0.25, 0.3) is 0 Å². The van der Waals surface area contributed by atoms with Crippen LogP contribution in [0.2, 0.25) is 0 Å². The predicted octanol–water partition coefficient (Wildman–Crippen LogP) is 1.70. The highest BCUT2D eigenvalue weighted by Crippen LogP contribution is 2.21. The van der Waals surface area contributed by atoms with E-state index in [-0.39, 0.29) is 11.4 Å². The van der Waals surface area contributed by atoms with Crippen LogP contribution in [0.1, 0.15) is 23.3 Å². The Morgan fingerprint density at radius 2 is 2.12 bits per heavy atom. The molecule has 6 heteroatoms. The molecule has 2 N–H and O–H groups in total. The lowest BCUT2D eigenvalue weighted by atomic mass is 10.1. The van der Waals surface area contributed by atoms with Gasteiger partial charge in [-0.05, 0) is 6.07 Å². The molecule has 0 spiro atoms. The first kappa shape index (κ1) is 10.7. The number of hydrogen-bond donors (Lipinski definition) is 1. The van der Waals surface area contributed by atoms with Crippen LogP contribution in [0.4, 0.5) is 8.78 Å². The van der Waals surface area contributed by atoms with Gasteiger partial charge in [-0.3, -0.25) is 0 Å². The monoisotopic (exact) mass is 225 g/mol. The average molecular weight is 225 g/mol. The third-order valence-corrected chi connectivity index (χ3v) is 2.14. The highest BCUT2D eigenvalue weighted by Gasteiger charge is 2.20. The van der Waals surface area contributed by atoms with Crippen molar-refractivity contribution in [2.24, 2.45) is 5.73 Å². The van der Waals surface area contributed by atoms with Gasteiger partial charge in [0, 0.05) is 12.5 Å². The van der Waals surface area contributed by atoms with E-state index in [4.69, 9.17) is 10.3 Å². The highest BCUT2D eigenvalue weighted by molar-refractivity contribution is 5.26. The van der Waals surface area contributed by atoms with E-state index in [1.54, 1.807) is 6.92 Å². The van der Waals surface area contributed by atoms with Crippen LogP contribution in [0, 0.1) is 18.6 Å². The maximum Gasteiger partial charge on any atom is 0.223 e. The van der Waals surface area contributed by atoms with E-state index < -0.39 is 17.7 Å². The fourth-order valence-electron chi connectivity index (χ4n) is 1.34. The Labute approximate surface area is 90.1 Å². The predicted molar refractivity (Wildman–Crippen MR) is 51.4 cm³/mol. The van der Waals surface area contributed by atoms with Crippen molar-refractivity contribution < 1.29 is 13.3 Å². The fourth-order valence-corrected chi connectivity index (χ4v) is 1.34. The lowest BCUT2D eigenvalue weighted by molar-refractivity contribution is 0.384. The minimum absolute atomic E-state index is 0.000741. The normalized spacial score (nSPS) is 12.8. The Hall–Kier alpha value is -1.82. The number of rotatable bonds is 2. The van der Waals surface area contributed by atoms with Crippen LogP contribution in [-0.2, 0) is 0 Å². The van der Waals surface area contributed by atoms with Gasteiger partial charge in [0.1, 0.15) is 0 Å². The Morgan fingerprint density at radius 3 is 2.75 bits per heavy atom. The Balaban J connectivity index is 2.41. The van der Waals surface area contributed by atoms with E-state index in [0.29, 0.717) is 5.89 Å². The second kappa shape index (κ2) is 3.97. The summed E-state index contributed by atoms with van der Waals surface area (Å²) in [5, 5.41) is 3.56. The molecule has 84 valence electrons. The molecule has 1 aromatic carbocycles. The third-order valence-electron chi connectivity index (χ3n) is 2.14. The standard InChI is InChI=1S/C10H9F2N3O/c1-5-14-10(15-16-5)9(13)6-3-2-4-7(11)8(6)12/h2-4,9H,13H2,1H3. The molecule has 16 heavy (non-hydrogen) atoms. The summed E-state index contributed by atoms with van der Waals surface area (Å²) < 4.78 is 31.1. The van der Waals surface area contributed by atoms with Crippen molar-refractivity contribution in [2.75, 3.05) is 0 Å². The maximum atomic E-state index is 13.4. The molecular formula is C10H9F2N3O. The average Bonchev–Trinajstić information content (AvgIpc) is 2.68. The van der Waals surface area contributed by atoms with Gasteiger partial charge in [0.05, 0.1) is 6.04 Å². The zero-order chi connectivity index (χ0) is 11.7. The molecule has 0 bridgehead atoms. The van der Waals surface area contributed by atoms with Gasteiger partial charge in [-0.1, -0.05) is 17.3 Å². The van der Waals surface area contributed by atoms with Crippen LogP contribution in [-0.4, -0.2) is 10.1 Å². The fraction of sp³-hybridized carbons (Fsp3) is 0.200. The van der Waals surface area contributed by atoms with Crippen molar-refractivity contribution in [3.05, 3.63) is 47.1 Å².